The molecule has 1 aromatic carbocycles. The number of aryl methyl sites for hydroxylation is 1. The van der Waals surface area contributed by atoms with E-state index in [9.17, 15) is 4.79 Å². The molecule has 1 aromatic heterocycles. The number of pyridine rings is 1. The van der Waals surface area contributed by atoms with E-state index in [4.69, 9.17) is 10.1 Å². The van der Waals surface area contributed by atoms with Gasteiger partial charge in [0.1, 0.15) is 5.70 Å². The molecule has 0 bridgehead atoms. The number of hydrazone groups is 1. The van der Waals surface area contributed by atoms with Crippen LogP contribution >= 0.6 is 11.8 Å². The van der Waals surface area contributed by atoms with Gasteiger partial charge in [-0.05, 0) is 31.5 Å². The normalized spacial score (nSPS) is 18.2. The first-order valence-corrected chi connectivity index (χ1v) is 10.1. The maximum absolute atomic E-state index is 12.9. The molecule has 0 fully saturated rings. The molecule has 2 aliphatic heterocycles. The molecule has 0 saturated heterocycles. The van der Waals surface area contributed by atoms with Crippen LogP contribution in [-0.2, 0) is 4.79 Å². The summed E-state index contributed by atoms with van der Waals surface area (Å²) in [5.74, 6) is 0.767. The summed E-state index contributed by atoms with van der Waals surface area (Å²) < 4.78 is 0. The Hall–Kier alpha value is -2.67. The van der Waals surface area contributed by atoms with Gasteiger partial charge in [0.25, 0.3) is 5.91 Å². The minimum Gasteiger partial charge on any atom is -0.298 e. The van der Waals surface area contributed by atoms with Crippen molar-refractivity contribution in [2.45, 2.75) is 32.9 Å². The van der Waals surface area contributed by atoms with Gasteiger partial charge in [-0.2, -0.15) is 0 Å². The Kier molecular flexibility index (Phi) is 4.94. The van der Waals surface area contributed by atoms with Crippen LogP contribution in [0.3, 0.4) is 0 Å². The van der Waals surface area contributed by atoms with Gasteiger partial charge in [0.15, 0.2) is 11.3 Å². The number of fused-ring (bicyclic) bond motifs is 2. The number of amidine groups is 1. The fraction of sp³-hybridized carbons (Fsp3) is 0.300. The molecule has 4 rings (SSSR count). The standard InChI is InChI=1S/C20H21N5OS/c1-3-4-12-27-20-23-19(26)17-14-9-5-6-10-15(14)22-18(25(17)24-20)16-11-7-8-13(2)21-16/h5-11,18H,3-4,12H2,1-2H3,(H,23,24,26)/t18-/m1/s1. The van der Waals surface area contributed by atoms with E-state index in [2.05, 4.69) is 17.2 Å². The van der Waals surface area contributed by atoms with Crippen LogP contribution in [0, 0.1) is 6.92 Å². The van der Waals surface area contributed by atoms with Gasteiger partial charge in [0.05, 0.1) is 11.1 Å². The average Bonchev–Trinajstić information content (AvgIpc) is 2.67. The average molecular weight is 379 g/mol. The lowest BCUT2D eigenvalue weighted by Gasteiger charge is -2.33. The van der Waals surface area contributed by atoms with E-state index >= 15 is 0 Å². The quantitative estimate of drug-likeness (QED) is 0.826. The van der Waals surface area contributed by atoms with E-state index in [1.54, 1.807) is 16.8 Å². The first-order valence-electron chi connectivity index (χ1n) is 9.10. The Morgan fingerprint density at radius 1 is 1.19 bits per heavy atom. The largest absolute Gasteiger partial charge is 0.298 e. The van der Waals surface area contributed by atoms with Gasteiger partial charge in [-0.1, -0.05) is 49.4 Å². The van der Waals surface area contributed by atoms with Crippen molar-refractivity contribution in [1.82, 2.24) is 15.3 Å². The number of thioether (sulfide) groups is 1. The van der Waals surface area contributed by atoms with Crippen LogP contribution < -0.4 is 15.9 Å². The van der Waals surface area contributed by atoms with Crippen molar-refractivity contribution in [3.63, 3.8) is 0 Å². The molecule has 0 unspecified atom stereocenters. The number of rotatable bonds is 4. The molecule has 1 N–H and O–H groups in total. The molecule has 0 spiro atoms. The topological polar surface area (TPSA) is 70.0 Å². The third kappa shape index (κ3) is 3.47. The lowest BCUT2D eigenvalue weighted by atomic mass is 10.1. The van der Waals surface area contributed by atoms with Crippen molar-refractivity contribution in [3.05, 3.63) is 64.4 Å². The Balaban J connectivity index is 1.84. The molecule has 0 aliphatic carbocycles. The lowest BCUT2D eigenvalue weighted by molar-refractivity contribution is -0.116. The zero-order valence-electron chi connectivity index (χ0n) is 15.3. The lowest BCUT2D eigenvalue weighted by Crippen LogP contribution is -2.50. The van der Waals surface area contributed by atoms with Gasteiger partial charge in [-0.15, -0.1) is 5.10 Å². The van der Waals surface area contributed by atoms with Gasteiger partial charge in [0.2, 0.25) is 0 Å². The number of para-hydroxylation sites is 1. The predicted octanol–water partition coefficient (Wildman–Crippen LogP) is 2.07. The zero-order chi connectivity index (χ0) is 18.8. The van der Waals surface area contributed by atoms with Crippen LogP contribution in [0.25, 0.3) is 5.70 Å². The van der Waals surface area contributed by atoms with Crippen molar-refractivity contribution in [3.8, 4) is 0 Å². The summed E-state index contributed by atoms with van der Waals surface area (Å²) in [5, 5.41) is 11.6. The molecule has 1 atom stereocenters. The van der Waals surface area contributed by atoms with E-state index in [1.807, 2.05) is 49.4 Å². The van der Waals surface area contributed by atoms with Crippen LogP contribution in [0.4, 0.5) is 0 Å². The maximum Gasteiger partial charge on any atom is 0.276 e. The van der Waals surface area contributed by atoms with Crippen LogP contribution in [-0.4, -0.2) is 26.8 Å². The second-order valence-corrected chi connectivity index (χ2v) is 7.56. The molecule has 0 radical (unpaired) electrons. The third-order valence-electron chi connectivity index (χ3n) is 4.43. The number of carbonyl (C=O) groups is 1. The van der Waals surface area contributed by atoms with Crippen LogP contribution in [0.5, 0.6) is 0 Å². The first kappa shape index (κ1) is 17.7. The Morgan fingerprint density at radius 3 is 2.85 bits per heavy atom. The Morgan fingerprint density at radius 2 is 2.04 bits per heavy atom. The Bertz CT molecular complexity index is 1030. The van der Waals surface area contributed by atoms with Gasteiger partial charge < -0.3 is 0 Å². The number of carbonyl (C=O) groups excluding carboxylic acids is 1. The highest BCUT2D eigenvalue weighted by Gasteiger charge is 2.34. The van der Waals surface area contributed by atoms with E-state index in [0.717, 1.165) is 40.6 Å². The van der Waals surface area contributed by atoms with Crippen LogP contribution in [0.1, 0.15) is 37.3 Å². The van der Waals surface area contributed by atoms with Crippen LogP contribution in [0.2, 0.25) is 0 Å². The van der Waals surface area contributed by atoms with E-state index in [1.165, 1.54) is 0 Å². The van der Waals surface area contributed by atoms with Crippen molar-refractivity contribution in [2.75, 3.05) is 5.75 Å². The summed E-state index contributed by atoms with van der Waals surface area (Å²) in [6.45, 7) is 4.09. The molecule has 6 nitrogen and oxygen atoms in total. The number of aromatic nitrogens is 1. The van der Waals surface area contributed by atoms with Crippen molar-refractivity contribution in [2.24, 2.45) is 10.1 Å². The van der Waals surface area contributed by atoms with Crippen molar-refractivity contribution >= 4 is 28.5 Å². The number of nitrogens with zero attached hydrogens (tertiary/aromatic N) is 4. The smallest absolute Gasteiger partial charge is 0.276 e. The van der Waals surface area contributed by atoms with E-state index in [0.29, 0.717) is 10.9 Å². The SMILES string of the molecule is CCCCSC1=NN2C(=c3ccccc3=N[C@H]2c2cccc(C)n2)C(=O)N1. The molecule has 2 aromatic rings. The van der Waals surface area contributed by atoms with Gasteiger partial charge >= 0.3 is 0 Å². The number of nitrogens with one attached hydrogen (secondary N) is 1. The van der Waals surface area contributed by atoms with Crippen molar-refractivity contribution in [1.29, 1.82) is 0 Å². The number of hydrogen-bond donors (Lipinski definition) is 1. The predicted molar refractivity (Wildman–Crippen MR) is 107 cm³/mol. The molecule has 1 amide bonds. The maximum atomic E-state index is 12.9. The summed E-state index contributed by atoms with van der Waals surface area (Å²) in [7, 11) is 0. The van der Waals surface area contributed by atoms with Gasteiger partial charge in [-0.3, -0.25) is 20.1 Å². The van der Waals surface area contributed by atoms with Crippen molar-refractivity contribution < 1.29 is 4.79 Å². The molecular weight excluding hydrogens is 358 g/mol. The van der Waals surface area contributed by atoms with E-state index < -0.39 is 6.17 Å². The Labute approximate surface area is 162 Å². The molecule has 2 aliphatic rings. The third-order valence-corrected chi connectivity index (χ3v) is 5.38. The molecule has 0 saturated carbocycles. The highest BCUT2D eigenvalue weighted by Crippen LogP contribution is 2.29. The molecule has 7 heteroatoms. The highest BCUT2D eigenvalue weighted by atomic mass is 32.2. The summed E-state index contributed by atoms with van der Waals surface area (Å²) in [6.07, 6.45) is 1.72. The molecular formula is C20H21N5OS. The number of benzene rings is 1. The number of amides is 1. The van der Waals surface area contributed by atoms with E-state index in [-0.39, 0.29) is 5.91 Å². The zero-order valence-corrected chi connectivity index (χ0v) is 16.2. The summed E-state index contributed by atoms with van der Waals surface area (Å²) in [6, 6.07) is 13.5. The number of unbranched alkanes of at least 4 members (excludes halogenated alkanes) is 1. The molecule has 138 valence electrons. The molecule has 27 heavy (non-hydrogen) atoms. The monoisotopic (exact) mass is 379 g/mol. The highest BCUT2D eigenvalue weighted by molar-refractivity contribution is 8.13. The minimum atomic E-state index is -0.456. The van der Waals surface area contributed by atoms with Crippen LogP contribution in [0.15, 0.2) is 52.6 Å². The summed E-state index contributed by atoms with van der Waals surface area (Å²) in [5.41, 5.74) is 2.21. The summed E-state index contributed by atoms with van der Waals surface area (Å²) in [4.78, 5) is 22.4. The minimum absolute atomic E-state index is 0.149. The fourth-order valence-electron chi connectivity index (χ4n) is 3.11. The molecule has 3 heterocycles. The summed E-state index contributed by atoms with van der Waals surface area (Å²) >= 11 is 1.56. The first-order chi connectivity index (χ1) is 13.2. The van der Waals surface area contributed by atoms with Gasteiger partial charge in [0, 0.05) is 16.7 Å². The second-order valence-electron chi connectivity index (χ2n) is 6.48. The fourth-order valence-corrected chi connectivity index (χ4v) is 4.04. The van der Waals surface area contributed by atoms with Gasteiger partial charge in [-0.25, -0.2) is 5.01 Å². The second kappa shape index (κ2) is 7.52. The number of hydrogen-bond acceptors (Lipinski definition) is 6.